The molecule has 2 nitrogen and oxygen atoms in total. The zero-order valence-electron chi connectivity index (χ0n) is 11.6. The summed E-state index contributed by atoms with van der Waals surface area (Å²) in [7, 11) is 1.46. The summed E-state index contributed by atoms with van der Waals surface area (Å²) in [6, 6.07) is 5.23. The first-order valence-corrected chi connectivity index (χ1v) is 6.70. The summed E-state index contributed by atoms with van der Waals surface area (Å²) in [5.41, 5.74) is -0.104. The molecule has 1 N–H and O–H groups in total. The average molecular weight is 288 g/mol. The maximum atomic E-state index is 12.9. The van der Waals surface area contributed by atoms with Gasteiger partial charge in [-0.05, 0) is 44.7 Å². The molecule has 2 atom stereocenters. The fourth-order valence-corrected chi connectivity index (χ4v) is 2.96. The number of aliphatic hydroxyl groups is 1. The Labute approximate surface area is 116 Å². The van der Waals surface area contributed by atoms with Gasteiger partial charge >= 0.3 is 6.18 Å². The molecule has 0 aromatic heterocycles. The molecule has 0 amide bonds. The minimum Gasteiger partial charge on any atom is -0.496 e. The number of alkyl halides is 3. The molecule has 0 heterocycles. The van der Waals surface area contributed by atoms with Gasteiger partial charge in [-0.15, -0.1) is 0 Å². The average Bonchev–Trinajstić information content (AvgIpc) is 2.38. The first-order chi connectivity index (χ1) is 9.26. The van der Waals surface area contributed by atoms with E-state index >= 15 is 0 Å². The summed E-state index contributed by atoms with van der Waals surface area (Å²) in [6.45, 7) is 1.84. The number of halogens is 3. The molecule has 20 heavy (non-hydrogen) atoms. The highest BCUT2D eigenvalue weighted by molar-refractivity contribution is 5.41. The van der Waals surface area contributed by atoms with Gasteiger partial charge in [0.2, 0.25) is 0 Å². The maximum absolute atomic E-state index is 12.9. The van der Waals surface area contributed by atoms with Crippen LogP contribution in [0.5, 0.6) is 5.75 Å². The number of hydrogen-bond donors (Lipinski definition) is 1. The minimum absolute atomic E-state index is 0.0833. The van der Waals surface area contributed by atoms with Crippen molar-refractivity contribution in [3.8, 4) is 5.75 Å². The topological polar surface area (TPSA) is 29.5 Å². The molecule has 1 aromatic rings. The molecule has 2 rings (SSSR count). The molecule has 112 valence electrons. The molecular formula is C15H19F3O2. The molecule has 1 fully saturated rings. The Balaban J connectivity index is 2.37. The Kier molecular flexibility index (Phi) is 4.00. The fourth-order valence-electron chi connectivity index (χ4n) is 2.96. The van der Waals surface area contributed by atoms with E-state index in [1.165, 1.54) is 7.11 Å². The summed E-state index contributed by atoms with van der Waals surface area (Å²) in [5.74, 6) is -1.01. The van der Waals surface area contributed by atoms with E-state index in [9.17, 15) is 18.3 Å². The second-order valence-corrected chi connectivity index (χ2v) is 5.57. The van der Waals surface area contributed by atoms with Gasteiger partial charge in [-0.3, -0.25) is 0 Å². The van der Waals surface area contributed by atoms with Crippen LogP contribution in [0, 0.1) is 12.8 Å². The van der Waals surface area contributed by atoms with E-state index in [4.69, 9.17) is 4.74 Å². The van der Waals surface area contributed by atoms with Crippen molar-refractivity contribution in [1.82, 2.24) is 0 Å². The van der Waals surface area contributed by atoms with Crippen molar-refractivity contribution in [1.29, 1.82) is 0 Å². The van der Waals surface area contributed by atoms with Gasteiger partial charge in [0.1, 0.15) is 5.75 Å². The van der Waals surface area contributed by atoms with Crippen molar-refractivity contribution in [2.45, 2.75) is 44.4 Å². The van der Waals surface area contributed by atoms with E-state index in [0.717, 1.165) is 5.56 Å². The van der Waals surface area contributed by atoms with Crippen molar-refractivity contribution in [3.63, 3.8) is 0 Å². The molecule has 1 aromatic carbocycles. The number of rotatable bonds is 2. The van der Waals surface area contributed by atoms with Gasteiger partial charge in [-0.1, -0.05) is 11.6 Å². The molecule has 0 saturated heterocycles. The molecule has 5 heteroatoms. The standard InChI is InChI=1S/C15H19F3O2/c1-10-5-6-13(20-2)12(8-10)14(19)7-3-4-11(9-14)15(16,17)18/h5-6,8,11,19H,3-4,7,9H2,1-2H3. The molecule has 2 unspecified atom stereocenters. The Hall–Kier alpha value is -1.23. The lowest BCUT2D eigenvalue weighted by Crippen LogP contribution is -2.38. The Bertz CT molecular complexity index is 484. The summed E-state index contributed by atoms with van der Waals surface area (Å²) >= 11 is 0. The zero-order chi connectivity index (χ0) is 15.0. The van der Waals surface area contributed by atoms with Crippen molar-refractivity contribution in [2.24, 2.45) is 5.92 Å². The lowest BCUT2D eigenvalue weighted by molar-refractivity contribution is -0.202. The van der Waals surface area contributed by atoms with Gasteiger partial charge in [0.15, 0.2) is 0 Å². The van der Waals surface area contributed by atoms with Crippen LogP contribution in [0.3, 0.4) is 0 Å². The molecule has 1 saturated carbocycles. The van der Waals surface area contributed by atoms with Crippen molar-refractivity contribution in [2.75, 3.05) is 7.11 Å². The maximum Gasteiger partial charge on any atom is 0.391 e. The van der Waals surface area contributed by atoms with Crippen LogP contribution in [-0.4, -0.2) is 18.4 Å². The van der Waals surface area contributed by atoms with E-state index in [0.29, 0.717) is 24.2 Å². The highest BCUT2D eigenvalue weighted by Crippen LogP contribution is 2.48. The second-order valence-electron chi connectivity index (χ2n) is 5.57. The van der Waals surface area contributed by atoms with Crippen LogP contribution >= 0.6 is 0 Å². The lowest BCUT2D eigenvalue weighted by atomic mass is 9.73. The van der Waals surface area contributed by atoms with Crippen molar-refractivity contribution < 1.29 is 23.0 Å². The SMILES string of the molecule is COc1ccc(C)cc1C1(O)CCCC(C(F)(F)F)C1. The normalized spacial score (nSPS) is 27.4. The predicted octanol–water partition coefficient (Wildman–Crippen LogP) is 3.94. The first kappa shape index (κ1) is 15.2. The Morgan fingerprint density at radius 2 is 2.05 bits per heavy atom. The van der Waals surface area contributed by atoms with Gasteiger partial charge in [0, 0.05) is 5.56 Å². The summed E-state index contributed by atoms with van der Waals surface area (Å²) in [6.07, 6.45) is -3.78. The molecule has 0 radical (unpaired) electrons. The highest BCUT2D eigenvalue weighted by Gasteiger charge is 2.48. The number of hydrogen-bond acceptors (Lipinski definition) is 2. The lowest BCUT2D eigenvalue weighted by Gasteiger charge is -2.38. The quantitative estimate of drug-likeness (QED) is 0.893. The van der Waals surface area contributed by atoms with Crippen LogP contribution in [0.15, 0.2) is 18.2 Å². The number of ether oxygens (including phenoxy) is 1. The summed E-state index contributed by atoms with van der Waals surface area (Å²) in [5, 5.41) is 10.7. The third-order valence-corrected chi connectivity index (χ3v) is 4.05. The van der Waals surface area contributed by atoms with E-state index in [1.54, 1.807) is 12.1 Å². The van der Waals surface area contributed by atoms with Crippen LogP contribution in [0.4, 0.5) is 13.2 Å². The van der Waals surface area contributed by atoms with Crippen molar-refractivity contribution in [3.05, 3.63) is 29.3 Å². The van der Waals surface area contributed by atoms with E-state index in [2.05, 4.69) is 0 Å². The first-order valence-electron chi connectivity index (χ1n) is 6.70. The van der Waals surface area contributed by atoms with Crippen molar-refractivity contribution >= 4 is 0 Å². The predicted molar refractivity (Wildman–Crippen MR) is 69.6 cm³/mol. The molecule has 0 aliphatic heterocycles. The summed E-state index contributed by atoms with van der Waals surface area (Å²) < 4.78 is 44.0. The van der Waals surface area contributed by atoms with Crippen LogP contribution < -0.4 is 4.74 Å². The largest absolute Gasteiger partial charge is 0.496 e. The van der Waals surface area contributed by atoms with Gasteiger partial charge in [-0.25, -0.2) is 0 Å². The Morgan fingerprint density at radius 3 is 2.65 bits per heavy atom. The monoisotopic (exact) mass is 288 g/mol. The second kappa shape index (κ2) is 5.28. The zero-order valence-corrected chi connectivity index (χ0v) is 11.6. The van der Waals surface area contributed by atoms with Gasteiger partial charge in [-0.2, -0.15) is 13.2 Å². The van der Waals surface area contributed by atoms with Gasteiger partial charge in [0.25, 0.3) is 0 Å². The smallest absolute Gasteiger partial charge is 0.391 e. The molecule has 1 aliphatic carbocycles. The molecule has 1 aliphatic rings. The number of benzene rings is 1. The number of methoxy groups -OCH3 is 1. The third kappa shape index (κ3) is 2.92. The minimum atomic E-state index is -4.26. The molecule has 0 spiro atoms. The van der Waals surface area contributed by atoms with E-state index < -0.39 is 17.7 Å². The third-order valence-electron chi connectivity index (χ3n) is 4.05. The van der Waals surface area contributed by atoms with Crippen LogP contribution in [0.1, 0.15) is 36.8 Å². The van der Waals surface area contributed by atoms with Crippen LogP contribution in [0.2, 0.25) is 0 Å². The van der Waals surface area contributed by atoms with E-state index in [-0.39, 0.29) is 12.8 Å². The number of aryl methyl sites for hydroxylation is 1. The summed E-state index contributed by atoms with van der Waals surface area (Å²) in [4.78, 5) is 0. The Morgan fingerprint density at radius 1 is 1.35 bits per heavy atom. The van der Waals surface area contributed by atoms with Gasteiger partial charge in [0.05, 0.1) is 18.6 Å². The highest BCUT2D eigenvalue weighted by atomic mass is 19.4. The van der Waals surface area contributed by atoms with E-state index in [1.807, 2.05) is 13.0 Å². The van der Waals surface area contributed by atoms with Gasteiger partial charge < -0.3 is 9.84 Å². The molecule has 0 bridgehead atoms. The van der Waals surface area contributed by atoms with Crippen LogP contribution in [-0.2, 0) is 5.60 Å². The molecular weight excluding hydrogens is 269 g/mol. The van der Waals surface area contributed by atoms with Crippen LogP contribution in [0.25, 0.3) is 0 Å². The fraction of sp³-hybridized carbons (Fsp3) is 0.600.